The number of nitrogens with zero attached hydrogens (tertiary/aromatic N) is 3. The molecule has 158 valence electrons. The lowest BCUT2D eigenvalue weighted by atomic mass is 9.96. The number of aromatic nitrogens is 1. The molecule has 1 aliphatic rings. The molecule has 4 rings (SSSR count). The predicted molar refractivity (Wildman–Crippen MR) is 124 cm³/mol. The van der Waals surface area contributed by atoms with Gasteiger partial charge in [0.05, 0.1) is 25.1 Å². The normalized spacial score (nSPS) is 16.2. The number of thiazole rings is 1. The van der Waals surface area contributed by atoms with Crippen LogP contribution in [-0.2, 0) is 0 Å². The van der Waals surface area contributed by atoms with Crippen LogP contribution in [0.25, 0.3) is 5.57 Å². The van der Waals surface area contributed by atoms with E-state index in [0.717, 1.165) is 28.1 Å². The second-order valence-electron chi connectivity index (χ2n) is 6.84. The summed E-state index contributed by atoms with van der Waals surface area (Å²) in [5.41, 5.74) is 6.66. The molecular formula is C23H23N5O2S. The van der Waals surface area contributed by atoms with Crippen LogP contribution in [-0.4, -0.2) is 35.8 Å². The number of hydrogen-bond donors (Lipinski definition) is 2. The van der Waals surface area contributed by atoms with Crippen molar-refractivity contribution in [2.24, 2.45) is 5.10 Å². The quantitative estimate of drug-likeness (QED) is 0.417. The minimum atomic E-state index is -0.302. The lowest BCUT2D eigenvalue weighted by Gasteiger charge is -2.31. The van der Waals surface area contributed by atoms with Gasteiger partial charge in [0.25, 0.3) is 0 Å². The maximum atomic E-state index is 12.5. The summed E-state index contributed by atoms with van der Waals surface area (Å²) in [6.07, 6.45) is 3.62. The highest BCUT2D eigenvalue weighted by molar-refractivity contribution is 7.13. The van der Waals surface area contributed by atoms with Gasteiger partial charge in [0.1, 0.15) is 5.75 Å². The van der Waals surface area contributed by atoms with Crippen LogP contribution in [0.3, 0.4) is 0 Å². The summed E-state index contributed by atoms with van der Waals surface area (Å²) in [6.45, 7) is 2.51. The summed E-state index contributed by atoms with van der Waals surface area (Å²) in [7, 11) is 1.63. The van der Waals surface area contributed by atoms with Gasteiger partial charge in [-0.25, -0.2) is 9.78 Å². The maximum absolute atomic E-state index is 12.5. The van der Waals surface area contributed by atoms with Gasteiger partial charge in [-0.2, -0.15) is 5.10 Å². The fraction of sp³-hybridized carbons (Fsp3) is 0.174. The minimum absolute atomic E-state index is 0.131. The number of carbonyl (C=O) groups is 1. The third-order valence-electron chi connectivity index (χ3n) is 4.90. The molecule has 2 amide bonds. The van der Waals surface area contributed by atoms with Crippen LogP contribution < -0.4 is 15.5 Å². The Morgan fingerprint density at radius 3 is 2.71 bits per heavy atom. The Morgan fingerprint density at radius 2 is 2.00 bits per heavy atom. The van der Waals surface area contributed by atoms with Crippen molar-refractivity contribution in [3.05, 3.63) is 83.0 Å². The molecule has 2 aromatic carbocycles. The van der Waals surface area contributed by atoms with Crippen LogP contribution >= 0.6 is 11.3 Å². The van der Waals surface area contributed by atoms with Crippen molar-refractivity contribution >= 4 is 34.3 Å². The first kappa shape index (κ1) is 20.6. The highest BCUT2D eigenvalue weighted by Gasteiger charge is 2.29. The van der Waals surface area contributed by atoms with Gasteiger partial charge in [0, 0.05) is 23.7 Å². The number of benzene rings is 2. The van der Waals surface area contributed by atoms with Crippen LogP contribution in [0.5, 0.6) is 5.75 Å². The van der Waals surface area contributed by atoms with Crippen LogP contribution in [0.1, 0.15) is 29.8 Å². The summed E-state index contributed by atoms with van der Waals surface area (Å²) in [4.78, 5) is 18.8. The third kappa shape index (κ3) is 4.75. The number of hydrazone groups is 1. The largest absolute Gasteiger partial charge is 0.497 e. The summed E-state index contributed by atoms with van der Waals surface area (Å²) in [5, 5.41) is 10.00. The Labute approximate surface area is 185 Å². The Balaban J connectivity index is 1.58. The maximum Gasteiger partial charge on any atom is 0.322 e. The van der Waals surface area contributed by atoms with Crippen molar-refractivity contribution < 1.29 is 9.53 Å². The van der Waals surface area contributed by atoms with Crippen LogP contribution in [0.2, 0.25) is 0 Å². The minimum Gasteiger partial charge on any atom is -0.497 e. The second kappa shape index (κ2) is 9.44. The molecule has 1 atom stereocenters. The molecular weight excluding hydrogens is 410 g/mol. The predicted octanol–water partition coefficient (Wildman–Crippen LogP) is 4.73. The SMILES string of the molecule is CCN1C=C(c2csc(NN=Cc3ccccc3)n2)C(c2ccc(OC)cc2)NC1=O. The third-order valence-corrected chi connectivity index (χ3v) is 5.64. The van der Waals surface area contributed by atoms with E-state index in [-0.39, 0.29) is 12.1 Å². The van der Waals surface area contributed by atoms with Crippen LogP contribution in [0, 0.1) is 0 Å². The zero-order valence-corrected chi connectivity index (χ0v) is 18.1. The molecule has 31 heavy (non-hydrogen) atoms. The van der Waals surface area contributed by atoms with E-state index in [2.05, 4.69) is 15.8 Å². The molecule has 2 heterocycles. The number of ether oxygens (including phenoxy) is 1. The van der Waals surface area contributed by atoms with Crippen molar-refractivity contribution in [2.45, 2.75) is 13.0 Å². The smallest absolute Gasteiger partial charge is 0.322 e. The summed E-state index contributed by atoms with van der Waals surface area (Å²) < 4.78 is 5.25. The van der Waals surface area contributed by atoms with Gasteiger partial charge in [-0.15, -0.1) is 11.3 Å². The topological polar surface area (TPSA) is 78.8 Å². The molecule has 0 aliphatic carbocycles. The molecule has 7 nitrogen and oxygen atoms in total. The monoisotopic (exact) mass is 433 g/mol. The van der Waals surface area contributed by atoms with E-state index in [1.54, 1.807) is 18.2 Å². The van der Waals surface area contributed by atoms with E-state index >= 15 is 0 Å². The molecule has 1 unspecified atom stereocenters. The molecule has 0 saturated heterocycles. The molecule has 1 aliphatic heterocycles. The summed E-state index contributed by atoms with van der Waals surface area (Å²) in [5.74, 6) is 0.767. The summed E-state index contributed by atoms with van der Waals surface area (Å²) >= 11 is 1.46. The number of hydrogen-bond acceptors (Lipinski definition) is 6. The molecule has 0 radical (unpaired) electrons. The Hall–Kier alpha value is -3.65. The number of methoxy groups -OCH3 is 1. The van der Waals surface area contributed by atoms with Gasteiger partial charge in [-0.05, 0) is 30.2 Å². The molecule has 2 N–H and O–H groups in total. The Bertz CT molecular complexity index is 1090. The average molecular weight is 434 g/mol. The molecule has 3 aromatic rings. The highest BCUT2D eigenvalue weighted by atomic mass is 32.1. The van der Waals surface area contributed by atoms with E-state index in [1.807, 2.05) is 73.1 Å². The Morgan fingerprint density at radius 1 is 1.23 bits per heavy atom. The van der Waals surface area contributed by atoms with Gasteiger partial charge in [-0.1, -0.05) is 42.5 Å². The van der Waals surface area contributed by atoms with Crippen LogP contribution in [0.15, 0.2) is 71.3 Å². The number of anilines is 1. The van der Waals surface area contributed by atoms with E-state index < -0.39 is 0 Å². The van der Waals surface area contributed by atoms with E-state index in [1.165, 1.54) is 11.3 Å². The number of urea groups is 1. The fourth-order valence-corrected chi connectivity index (χ4v) is 3.92. The second-order valence-corrected chi connectivity index (χ2v) is 7.70. The zero-order chi connectivity index (χ0) is 21.6. The molecule has 0 fully saturated rings. The van der Waals surface area contributed by atoms with Gasteiger partial charge < -0.3 is 15.0 Å². The van der Waals surface area contributed by atoms with Crippen LogP contribution in [0.4, 0.5) is 9.93 Å². The average Bonchev–Trinajstić information content (AvgIpc) is 3.28. The van der Waals surface area contributed by atoms with Gasteiger partial charge in [-0.3, -0.25) is 5.43 Å². The first-order chi connectivity index (χ1) is 15.2. The number of amides is 2. The molecule has 1 aromatic heterocycles. The fourth-order valence-electron chi connectivity index (χ4n) is 3.25. The van der Waals surface area contributed by atoms with Gasteiger partial charge in [0.2, 0.25) is 5.13 Å². The van der Waals surface area contributed by atoms with Crippen molar-refractivity contribution in [2.75, 3.05) is 19.1 Å². The van der Waals surface area contributed by atoms with Crippen molar-refractivity contribution in [3.63, 3.8) is 0 Å². The lowest BCUT2D eigenvalue weighted by Crippen LogP contribution is -2.43. The zero-order valence-electron chi connectivity index (χ0n) is 17.3. The van der Waals surface area contributed by atoms with Crippen molar-refractivity contribution in [1.82, 2.24) is 15.2 Å². The van der Waals surface area contributed by atoms with Gasteiger partial charge >= 0.3 is 6.03 Å². The van der Waals surface area contributed by atoms with E-state index in [0.29, 0.717) is 11.7 Å². The molecule has 0 bridgehead atoms. The van der Waals surface area contributed by atoms with E-state index in [9.17, 15) is 4.79 Å². The standard InChI is InChI=1S/C23H23N5O2S/c1-3-28-14-19(21(26-23(28)29)17-9-11-18(30-2)12-10-17)20-15-31-22(25-20)27-24-13-16-7-5-4-6-8-16/h4-15,21H,3H2,1-2H3,(H,25,27)(H,26,29). The van der Waals surface area contributed by atoms with Gasteiger partial charge in [0.15, 0.2) is 0 Å². The van der Waals surface area contributed by atoms with E-state index in [4.69, 9.17) is 9.72 Å². The number of nitrogens with one attached hydrogen (secondary N) is 2. The number of rotatable bonds is 7. The van der Waals surface area contributed by atoms with Crippen molar-refractivity contribution in [3.8, 4) is 5.75 Å². The van der Waals surface area contributed by atoms with Crippen molar-refractivity contribution in [1.29, 1.82) is 0 Å². The molecule has 0 spiro atoms. The highest BCUT2D eigenvalue weighted by Crippen LogP contribution is 2.35. The summed E-state index contributed by atoms with van der Waals surface area (Å²) in [6, 6.07) is 17.1. The molecule has 0 saturated carbocycles. The Kier molecular flexibility index (Phi) is 6.28. The first-order valence-electron chi connectivity index (χ1n) is 9.90. The number of carbonyl (C=O) groups excluding carboxylic acids is 1. The molecule has 8 heteroatoms. The lowest BCUT2D eigenvalue weighted by molar-refractivity contribution is 0.212. The first-order valence-corrected chi connectivity index (χ1v) is 10.8.